The smallest absolute Gasteiger partial charge is 0.224 e. The van der Waals surface area contributed by atoms with Gasteiger partial charge in [0.25, 0.3) is 0 Å². The molecule has 0 spiro atoms. The predicted molar refractivity (Wildman–Crippen MR) is 76.6 cm³/mol. The Kier molecular flexibility index (Phi) is 6.44. The molecule has 0 aliphatic rings. The Hall–Kier alpha value is -1.35. The highest BCUT2D eigenvalue weighted by Crippen LogP contribution is 2.12. The standard InChI is InChI=1S/C15H24N2O/c1-3-5-6-15(18)17-14-9-7-12(8-10-14)11-13(16)4-2/h7-10,13H,3-6,11,16H2,1-2H3,(H,17,18). The lowest BCUT2D eigenvalue weighted by Crippen LogP contribution is -2.21. The van der Waals surface area contributed by atoms with Crippen molar-refractivity contribution in [3.8, 4) is 0 Å². The third-order valence-corrected chi connectivity index (χ3v) is 3.02. The number of rotatable bonds is 7. The number of amides is 1. The topological polar surface area (TPSA) is 55.1 Å². The van der Waals surface area contributed by atoms with E-state index in [0.717, 1.165) is 31.4 Å². The van der Waals surface area contributed by atoms with Crippen LogP contribution < -0.4 is 11.1 Å². The van der Waals surface area contributed by atoms with Crippen LogP contribution in [0.1, 0.15) is 45.1 Å². The summed E-state index contributed by atoms with van der Waals surface area (Å²) in [6.45, 7) is 4.17. The third kappa shape index (κ3) is 5.32. The molecular weight excluding hydrogens is 224 g/mol. The number of benzene rings is 1. The van der Waals surface area contributed by atoms with Crippen molar-refractivity contribution in [2.75, 3.05) is 5.32 Å². The number of carbonyl (C=O) groups excluding carboxylic acids is 1. The summed E-state index contributed by atoms with van der Waals surface area (Å²) >= 11 is 0. The average molecular weight is 248 g/mol. The van der Waals surface area contributed by atoms with E-state index < -0.39 is 0 Å². The fourth-order valence-electron chi connectivity index (χ4n) is 1.73. The second-order valence-corrected chi connectivity index (χ2v) is 4.72. The van der Waals surface area contributed by atoms with E-state index in [9.17, 15) is 4.79 Å². The van der Waals surface area contributed by atoms with E-state index in [1.807, 2.05) is 24.3 Å². The van der Waals surface area contributed by atoms with Gasteiger partial charge >= 0.3 is 0 Å². The van der Waals surface area contributed by atoms with Crippen molar-refractivity contribution >= 4 is 11.6 Å². The number of hydrogen-bond donors (Lipinski definition) is 2. The van der Waals surface area contributed by atoms with Gasteiger partial charge in [-0.3, -0.25) is 4.79 Å². The van der Waals surface area contributed by atoms with Gasteiger partial charge in [-0.1, -0.05) is 32.4 Å². The van der Waals surface area contributed by atoms with E-state index in [4.69, 9.17) is 5.73 Å². The second-order valence-electron chi connectivity index (χ2n) is 4.72. The van der Waals surface area contributed by atoms with E-state index in [1.165, 1.54) is 5.56 Å². The van der Waals surface area contributed by atoms with Gasteiger partial charge in [0.05, 0.1) is 0 Å². The minimum atomic E-state index is 0.0925. The van der Waals surface area contributed by atoms with E-state index >= 15 is 0 Å². The monoisotopic (exact) mass is 248 g/mol. The Morgan fingerprint density at radius 1 is 1.28 bits per heavy atom. The first-order valence-corrected chi connectivity index (χ1v) is 6.80. The molecule has 3 heteroatoms. The molecule has 0 bridgehead atoms. The highest BCUT2D eigenvalue weighted by molar-refractivity contribution is 5.90. The molecule has 0 aliphatic carbocycles. The molecular formula is C15H24N2O. The molecule has 1 amide bonds. The largest absolute Gasteiger partial charge is 0.327 e. The summed E-state index contributed by atoms with van der Waals surface area (Å²) in [6.07, 6.45) is 4.45. The molecule has 3 nitrogen and oxygen atoms in total. The number of unbranched alkanes of at least 4 members (excludes halogenated alkanes) is 1. The number of hydrogen-bond acceptors (Lipinski definition) is 2. The molecule has 0 fully saturated rings. The zero-order valence-corrected chi connectivity index (χ0v) is 11.4. The Balaban J connectivity index is 2.47. The fourth-order valence-corrected chi connectivity index (χ4v) is 1.73. The molecule has 1 rings (SSSR count). The van der Waals surface area contributed by atoms with Gasteiger partial charge in [-0.25, -0.2) is 0 Å². The molecule has 0 radical (unpaired) electrons. The summed E-state index contributed by atoms with van der Waals surface area (Å²) in [5.41, 5.74) is 7.99. The molecule has 1 unspecified atom stereocenters. The van der Waals surface area contributed by atoms with Gasteiger partial charge in [0, 0.05) is 18.2 Å². The van der Waals surface area contributed by atoms with Crippen LogP contribution in [0.4, 0.5) is 5.69 Å². The van der Waals surface area contributed by atoms with E-state index in [-0.39, 0.29) is 11.9 Å². The van der Waals surface area contributed by atoms with Crippen molar-refractivity contribution in [3.63, 3.8) is 0 Å². The van der Waals surface area contributed by atoms with E-state index in [0.29, 0.717) is 6.42 Å². The van der Waals surface area contributed by atoms with E-state index in [1.54, 1.807) is 0 Å². The van der Waals surface area contributed by atoms with Crippen LogP contribution in [0.3, 0.4) is 0 Å². The SMILES string of the molecule is CCCCC(=O)Nc1ccc(CC(N)CC)cc1. The Morgan fingerprint density at radius 3 is 2.50 bits per heavy atom. The lowest BCUT2D eigenvalue weighted by atomic mass is 10.0. The quantitative estimate of drug-likeness (QED) is 0.779. The maximum Gasteiger partial charge on any atom is 0.224 e. The van der Waals surface area contributed by atoms with Crippen molar-refractivity contribution in [2.24, 2.45) is 5.73 Å². The van der Waals surface area contributed by atoms with Gasteiger partial charge in [-0.05, 0) is 37.0 Å². The maximum absolute atomic E-state index is 11.5. The van der Waals surface area contributed by atoms with Gasteiger partial charge in [0.2, 0.25) is 5.91 Å². The second kappa shape index (κ2) is 7.88. The molecule has 0 saturated carbocycles. The fraction of sp³-hybridized carbons (Fsp3) is 0.533. The Bertz CT molecular complexity index is 359. The van der Waals surface area contributed by atoms with Crippen LogP contribution in [0.5, 0.6) is 0 Å². The van der Waals surface area contributed by atoms with Crippen molar-refractivity contribution in [3.05, 3.63) is 29.8 Å². The molecule has 0 aliphatic heterocycles. The minimum absolute atomic E-state index is 0.0925. The van der Waals surface area contributed by atoms with Gasteiger partial charge in [0.1, 0.15) is 0 Å². The minimum Gasteiger partial charge on any atom is -0.327 e. The summed E-state index contributed by atoms with van der Waals surface area (Å²) < 4.78 is 0. The van der Waals surface area contributed by atoms with Gasteiger partial charge in [-0.2, -0.15) is 0 Å². The van der Waals surface area contributed by atoms with Crippen LogP contribution >= 0.6 is 0 Å². The molecule has 0 saturated heterocycles. The Labute approximate surface area is 110 Å². The van der Waals surface area contributed by atoms with Crippen molar-refractivity contribution in [1.82, 2.24) is 0 Å². The normalized spacial score (nSPS) is 12.2. The molecule has 1 aromatic rings. The van der Waals surface area contributed by atoms with Crippen LogP contribution in [0, 0.1) is 0 Å². The van der Waals surface area contributed by atoms with Crippen LogP contribution in [0.25, 0.3) is 0 Å². The predicted octanol–water partition coefficient (Wildman–Crippen LogP) is 3.10. The summed E-state index contributed by atoms with van der Waals surface area (Å²) in [5.74, 6) is 0.0925. The maximum atomic E-state index is 11.5. The van der Waals surface area contributed by atoms with Gasteiger partial charge in [-0.15, -0.1) is 0 Å². The van der Waals surface area contributed by atoms with Gasteiger partial charge < -0.3 is 11.1 Å². The van der Waals surface area contributed by atoms with E-state index in [2.05, 4.69) is 19.2 Å². The highest BCUT2D eigenvalue weighted by Gasteiger charge is 2.03. The van der Waals surface area contributed by atoms with Gasteiger partial charge in [0.15, 0.2) is 0 Å². The summed E-state index contributed by atoms with van der Waals surface area (Å²) in [7, 11) is 0. The number of nitrogens with one attached hydrogen (secondary N) is 1. The first-order chi connectivity index (χ1) is 8.65. The van der Waals surface area contributed by atoms with Crippen LogP contribution in [-0.4, -0.2) is 11.9 Å². The van der Waals surface area contributed by atoms with Crippen molar-refractivity contribution in [1.29, 1.82) is 0 Å². The zero-order valence-electron chi connectivity index (χ0n) is 11.4. The molecule has 0 heterocycles. The zero-order chi connectivity index (χ0) is 13.4. The lowest BCUT2D eigenvalue weighted by Gasteiger charge is -2.10. The number of nitrogens with two attached hydrogens (primary N) is 1. The van der Waals surface area contributed by atoms with Crippen molar-refractivity contribution < 1.29 is 4.79 Å². The van der Waals surface area contributed by atoms with Crippen molar-refractivity contribution in [2.45, 2.75) is 52.0 Å². The molecule has 18 heavy (non-hydrogen) atoms. The van der Waals surface area contributed by atoms with Crippen LogP contribution in [0.15, 0.2) is 24.3 Å². The number of carbonyl (C=O) groups is 1. The average Bonchev–Trinajstić information content (AvgIpc) is 2.38. The lowest BCUT2D eigenvalue weighted by molar-refractivity contribution is -0.116. The molecule has 1 aromatic carbocycles. The van der Waals surface area contributed by atoms with Crippen LogP contribution in [0.2, 0.25) is 0 Å². The first kappa shape index (κ1) is 14.7. The number of anilines is 1. The molecule has 3 N–H and O–H groups in total. The third-order valence-electron chi connectivity index (χ3n) is 3.02. The summed E-state index contributed by atoms with van der Waals surface area (Å²) in [6, 6.07) is 8.17. The first-order valence-electron chi connectivity index (χ1n) is 6.80. The molecule has 0 aromatic heterocycles. The Morgan fingerprint density at radius 2 is 1.94 bits per heavy atom. The summed E-state index contributed by atoms with van der Waals surface area (Å²) in [5, 5.41) is 2.90. The summed E-state index contributed by atoms with van der Waals surface area (Å²) in [4.78, 5) is 11.5. The molecule has 1 atom stereocenters. The van der Waals surface area contributed by atoms with Crippen LogP contribution in [-0.2, 0) is 11.2 Å². The molecule has 100 valence electrons. The highest BCUT2D eigenvalue weighted by atomic mass is 16.1.